The molecule has 0 aliphatic heterocycles. The maximum absolute atomic E-state index is 11.9. The van der Waals surface area contributed by atoms with Gasteiger partial charge in [0.15, 0.2) is 0 Å². The van der Waals surface area contributed by atoms with Crippen molar-refractivity contribution < 1.29 is 4.79 Å². The molecule has 0 aromatic carbocycles. The zero-order valence-electron chi connectivity index (χ0n) is 9.17. The van der Waals surface area contributed by atoms with Crippen LogP contribution in [0.5, 0.6) is 0 Å². The first-order valence-corrected chi connectivity index (χ1v) is 4.94. The molecule has 2 rings (SSSR count). The normalized spacial score (nSPS) is 10.2. The van der Waals surface area contributed by atoms with Crippen molar-refractivity contribution in [2.45, 2.75) is 6.54 Å². The lowest BCUT2D eigenvalue weighted by Crippen LogP contribution is -2.27. The van der Waals surface area contributed by atoms with E-state index in [4.69, 9.17) is 0 Å². The molecule has 88 valence electrons. The molecule has 1 amide bonds. The van der Waals surface area contributed by atoms with Gasteiger partial charge in [-0.2, -0.15) is 5.10 Å². The molecule has 0 spiro atoms. The summed E-state index contributed by atoms with van der Waals surface area (Å²) in [4.78, 5) is 30.4. The van der Waals surface area contributed by atoms with E-state index in [0.717, 1.165) is 11.8 Å². The van der Waals surface area contributed by atoms with Crippen LogP contribution in [0.15, 0.2) is 29.6 Å². The molecule has 2 aromatic rings. The SMILES string of the molecule is CN(Cc1cn[nH]c1)C(=O)c1c[nH]c(=O)cn1. The van der Waals surface area contributed by atoms with Crippen LogP contribution in [-0.4, -0.2) is 38.0 Å². The van der Waals surface area contributed by atoms with Crippen molar-refractivity contribution in [3.63, 3.8) is 0 Å². The van der Waals surface area contributed by atoms with E-state index < -0.39 is 0 Å². The van der Waals surface area contributed by atoms with Crippen LogP contribution in [0.1, 0.15) is 16.1 Å². The van der Waals surface area contributed by atoms with Gasteiger partial charge in [-0.05, 0) is 0 Å². The second kappa shape index (κ2) is 4.60. The van der Waals surface area contributed by atoms with E-state index in [9.17, 15) is 9.59 Å². The molecule has 0 fully saturated rings. The van der Waals surface area contributed by atoms with Crippen LogP contribution >= 0.6 is 0 Å². The average molecular weight is 233 g/mol. The maximum atomic E-state index is 11.9. The first-order chi connectivity index (χ1) is 8.16. The van der Waals surface area contributed by atoms with Crippen LogP contribution in [0, 0.1) is 0 Å². The van der Waals surface area contributed by atoms with E-state index in [1.165, 1.54) is 11.1 Å². The summed E-state index contributed by atoms with van der Waals surface area (Å²) in [5.74, 6) is -0.262. The van der Waals surface area contributed by atoms with E-state index in [0.29, 0.717) is 6.54 Å². The standard InChI is InChI=1S/C10H11N5O2/c1-15(6-7-2-13-14-3-7)10(17)8-4-12-9(16)5-11-8/h2-5H,6H2,1H3,(H,12,16)(H,13,14). The molecule has 2 aromatic heterocycles. The first kappa shape index (κ1) is 11.1. The van der Waals surface area contributed by atoms with Gasteiger partial charge in [-0.25, -0.2) is 4.98 Å². The molecule has 0 aliphatic rings. The summed E-state index contributed by atoms with van der Waals surface area (Å²) in [6.45, 7) is 0.427. The molecule has 0 saturated heterocycles. The Balaban J connectivity index is 2.09. The molecule has 7 nitrogen and oxygen atoms in total. The van der Waals surface area contributed by atoms with Gasteiger partial charge in [0.25, 0.3) is 11.5 Å². The number of amides is 1. The lowest BCUT2D eigenvalue weighted by atomic mass is 10.3. The number of aromatic amines is 2. The summed E-state index contributed by atoms with van der Waals surface area (Å²) in [6, 6.07) is 0. The summed E-state index contributed by atoms with van der Waals surface area (Å²) in [5, 5.41) is 6.46. The number of nitrogens with one attached hydrogen (secondary N) is 2. The van der Waals surface area contributed by atoms with E-state index in [1.54, 1.807) is 19.4 Å². The van der Waals surface area contributed by atoms with Gasteiger partial charge in [-0.1, -0.05) is 0 Å². The highest BCUT2D eigenvalue weighted by Gasteiger charge is 2.13. The molecule has 2 heterocycles. The molecule has 0 bridgehead atoms. The van der Waals surface area contributed by atoms with Crippen LogP contribution in [0.3, 0.4) is 0 Å². The second-order valence-electron chi connectivity index (χ2n) is 3.56. The molecular weight excluding hydrogens is 222 g/mol. The van der Waals surface area contributed by atoms with E-state index >= 15 is 0 Å². The Hall–Kier alpha value is -2.44. The third-order valence-electron chi connectivity index (χ3n) is 2.21. The predicted octanol–water partition coefficient (Wildman–Crippen LogP) is -0.235. The van der Waals surface area contributed by atoms with Gasteiger partial charge >= 0.3 is 0 Å². The fourth-order valence-electron chi connectivity index (χ4n) is 1.36. The van der Waals surface area contributed by atoms with Crippen LogP contribution < -0.4 is 5.56 Å². The lowest BCUT2D eigenvalue weighted by Gasteiger charge is -2.15. The Morgan fingerprint density at radius 2 is 2.24 bits per heavy atom. The topological polar surface area (TPSA) is 94.7 Å². The van der Waals surface area contributed by atoms with Gasteiger partial charge in [-0.3, -0.25) is 14.7 Å². The third kappa shape index (κ3) is 2.57. The number of carbonyl (C=O) groups excluding carboxylic acids is 1. The summed E-state index contributed by atoms with van der Waals surface area (Å²) in [5.41, 5.74) is 0.764. The number of nitrogens with zero attached hydrogens (tertiary/aromatic N) is 3. The minimum Gasteiger partial charge on any atom is -0.336 e. The van der Waals surface area contributed by atoms with Crippen molar-refractivity contribution in [2.24, 2.45) is 0 Å². The number of hydrogen-bond donors (Lipinski definition) is 2. The smallest absolute Gasteiger partial charge is 0.274 e. The summed E-state index contributed by atoms with van der Waals surface area (Å²) in [6.07, 6.45) is 5.74. The monoisotopic (exact) mass is 233 g/mol. The summed E-state index contributed by atoms with van der Waals surface area (Å²) < 4.78 is 0. The van der Waals surface area contributed by atoms with E-state index in [1.807, 2.05) is 0 Å². The number of rotatable bonds is 3. The second-order valence-corrected chi connectivity index (χ2v) is 3.56. The maximum Gasteiger partial charge on any atom is 0.274 e. The van der Waals surface area contributed by atoms with Gasteiger partial charge in [0.1, 0.15) is 5.69 Å². The molecule has 0 saturated carbocycles. The molecule has 0 aliphatic carbocycles. The number of hydrogen-bond acceptors (Lipinski definition) is 4. The zero-order chi connectivity index (χ0) is 12.3. The lowest BCUT2D eigenvalue weighted by molar-refractivity contribution is 0.0779. The van der Waals surface area contributed by atoms with Crippen molar-refractivity contribution in [2.75, 3.05) is 7.05 Å². The van der Waals surface area contributed by atoms with E-state index in [2.05, 4.69) is 20.2 Å². The van der Waals surface area contributed by atoms with Crippen LogP contribution in [-0.2, 0) is 6.54 Å². The number of carbonyl (C=O) groups is 1. The highest BCUT2D eigenvalue weighted by molar-refractivity contribution is 5.91. The highest BCUT2D eigenvalue weighted by Crippen LogP contribution is 2.03. The van der Waals surface area contributed by atoms with Crippen LogP contribution in [0.25, 0.3) is 0 Å². The molecule has 0 atom stereocenters. The number of aromatic nitrogens is 4. The van der Waals surface area contributed by atoms with Crippen molar-refractivity contribution in [3.05, 3.63) is 46.4 Å². The van der Waals surface area contributed by atoms with Gasteiger partial charge in [0.05, 0.1) is 12.4 Å². The van der Waals surface area contributed by atoms with Gasteiger partial charge in [-0.15, -0.1) is 0 Å². The zero-order valence-corrected chi connectivity index (χ0v) is 9.17. The molecule has 0 radical (unpaired) electrons. The van der Waals surface area contributed by atoms with Gasteiger partial charge < -0.3 is 9.88 Å². The minimum atomic E-state index is -0.334. The fraction of sp³-hybridized carbons (Fsp3) is 0.200. The van der Waals surface area contributed by atoms with Crippen molar-refractivity contribution in [1.82, 2.24) is 25.1 Å². The summed E-state index contributed by atoms with van der Waals surface area (Å²) in [7, 11) is 1.65. The Bertz CT molecular complexity index is 540. The molecule has 17 heavy (non-hydrogen) atoms. The number of H-pyrrole nitrogens is 2. The molecule has 2 N–H and O–H groups in total. The molecule has 7 heteroatoms. The largest absolute Gasteiger partial charge is 0.336 e. The Morgan fingerprint density at radius 3 is 2.82 bits per heavy atom. The minimum absolute atomic E-state index is 0.204. The van der Waals surface area contributed by atoms with Crippen molar-refractivity contribution >= 4 is 5.91 Å². The van der Waals surface area contributed by atoms with Crippen LogP contribution in [0.4, 0.5) is 0 Å². The van der Waals surface area contributed by atoms with Crippen LogP contribution in [0.2, 0.25) is 0 Å². The predicted molar refractivity (Wildman–Crippen MR) is 59.2 cm³/mol. The fourth-order valence-corrected chi connectivity index (χ4v) is 1.36. The molecule has 0 unspecified atom stereocenters. The van der Waals surface area contributed by atoms with E-state index in [-0.39, 0.29) is 17.2 Å². The summed E-state index contributed by atoms with van der Waals surface area (Å²) >= 11 is 0. The average Bonchev–Trinajstić information content (AvgIpc) is 2.82. The Labute approximate surface area is 96.5 Å². The Kier molecular flexibility index (Phi) is 2.99. The molecular formula is C10H11N5O2. The van der Waals surface area contributed by atoms with Gasteiger partial charge in [0, 0.05) is 31.5 Å². The quantitative estimate of drug-likeness (QED) is 0.765. The van der Waals surface area contributed by atoms with Crippen molar-refractivity contribution in [1.29, 1.82) is 0 Å². The highest BCUT2D eigenvalue weighted by atomic mass is 16.2. The third-order valence-corrected chi connectivity index (χ3v) is 2.21. The first-order valence-electron chi connectivity index (χ1n) is 4.94. The van der Waals surface area contributed by atoms with Crippen molar-refractivity contribution in [3.8, 4) is 0 Å². The van der Waals surface area contributed by atoms with Gasteiger partial charge in [0.2, 0.25) is 0 Å². The Morgan fingerprint density at radius 1 is 1.41 bits per heavy atom.